The molecule has 0 N–H and O–H groups in total. The topological polar surface area (TPSA) is 42.0 Å². The Hall–Kier alpha value is -1.50. The highest BCUT2D eigenvalue weighted by atomic mass is 19.1. The number of hydrogen-bond acceptors (Lipinski definition) is 4. The third-order valence-electron chi connectivity index (χ3n) is 5.42. The number of hydroxylamine groups is 2. The molecule has 6 heteroatoms. The number of nitrogens with zero attached hydrogens (tertiary/aromatic N) is 2. The summed E-state index contributed by atoms with van der Waals surface area (Å²) < 4.78 is 19.9. The van der Waals surface area contributed by atoms with E-state index in [1.807, 2.05) is 12.1 Å². The quantitative estimate of drug-likeness (QED) is 0.838. The molecule has 1 aromatic rings. The van der Waals surface area contributed by atoms with E-state index < -0.39 is 0 Å². The molecule has 3 heterocycles. The molecule has 0 saturated carbocycles. The summed E-state index contributed by atoms with van der Waals surface area (Å²) in [6.45, 7) is 3.66. The van der Waals surface area contributed by atoms with Crippen LogP contribution in [0.1, 0.15) is 31.2 Å². The van der Waals surface area contributed by atoms with Gasteiger partial charge in [-0.05, 0) is 25.3 Å². The van der Waals surface area contributed by atoms with Crippen molar-refractivity contribution >= 4 is 5.91 Å². The number of rotatable bonds is 4. The highest BCUT2D eigenvalue weighted by Gasteiger charge is 2.42. The average Bonchev–Trinajstić information content (AvgIpc) is 3.15. The van der Waals surface area contributed by atoms with Crippen molar-refractivity contribution < 1.29 is 18.8 Å². The summed E-state index contributed by atoms with van der Waals surface area (Å²) in [5, 5.41) is 1.51. The van der Waals surface area contributed by atoms with Crippen LogP contribution in [0.25, 0.3) is 0 Å². The molecule has 0 bridgehead atoms. The van der Waals surface area contributed by atoms with E-state index in [1.165, 1.54) is 11.1 Å². The Labute approximate surface area is 147 Å². The van der Waals surface area contributed by atoms with Crippen LogP contribution >= 0.6 is 0 Å². The van der Waals surface area contributed by atoms with E-state index >= 15 is 0 Å². The fourth-order valence-electron chi connectivity index (χ4n) is 4.17. The summed E-state index contributed by atoms with van der Waals surface area (Å²) >= 11 is 0. The molecule has 3 aliphatic rings. The number of hydrogen-bond donors (Lipinski definition) is 0. The highest BCUT2D eigenvalue weighted by molar-refractivity contribution is 5.75. The SMILES string of the molecule is O=C(C[C@H]1C[C@H]2CN(Cc3ccccc3F)C[C@H]2O1)N1CCCCO1. The van der Waals surface area contributed by atoms with E-state index in [0.717, 1.165) is 37.9 Å². The molecule has 4 rings (SSSR count). The van der Waals surface area contributed by atoms with Crippen molar-refractivity contribution in [2.45, 2.75) is 44.4 Å². The van der Waals surface area contributed by atoms with Crippen LogP contribution < -0.4 is 0 Å². The molecule has 1 amide bonds. The van der Waals surface area contributed by atoms with Gasteiger partial charge in [0.1, 0.15) is 5.82 Å². The number of carbonyl (C=O) groups is 1. The molecular weight excluding hydrogens is 323 g/mol. The molecule has 0 aromatic heterocycles. The lowest BCUT2D eigenvalue weighted by atomic mass is 10.0. The smallest absolute Gasteiger partial charge is 0.248 e. The number of benzene rings is 1. The van der Waals surface area contributed by atoms with Gasteiger partial charge < -0.3 is 4.74 Å². The van der Waals surface area contributed by atoms with Gasteiger partial charge in [0.05, 0.1) is 25.2 Å². The maximum atomic E-state index is 13.8. The summed E-state index contributed by atoms with van der Waals surface area (Å²) in [5.74, 6) is 0.324. The first-order chi connectivity index (χ1) is 12.2. The maximum Gasteiger partial charge on any atom is 0.248 e. The number of fused-ring (bicyclic) bond motifs is 1. The molecule has 3 fully saturated rings. The molecule has 25 heavy (non-hydrogen) atoms. The Morgan fingerprint density at radius 3 is 2.88 bits per heavy atom. The molecule has 0 spiro atoms. The molecule has 1 aromatic carbocycles. The van der Waals surface area contributed by atoms with Gasteiger partial charge in [-0.2, -0.15) is 0 Å². The molecule has 3 aliphatic heterocycles. The van der Waals surface area contributed by atoms with Crippen LogP contribution in [0.5, 0.6) is 0 Å². The second kappa shape index (κ2) is 7.40. The second-order valence-corrected chi connectivity index (χ2v) is 7.32. The predicted molar refractivity (Wildman–Crippen MR) is 90.0 cm³/mol. The van der Waals surface area contributed by atoms with Crippen LogP contribution in [-0.4, -0.2) is 54.3 Å². The number of carbonyl (C=O) groups excluding carboxylic acids is 1. The number of amides is 1. The minimum Gasteiger partial charge on any atom is -0.373 e. The molecule has 0 radical (unpaired) electrons. The largest absolute Gasteiger partial charge is 0.373 e. The summed E-state index contributed by atoms with van der Waals surface area (Å²) in [6.07, 6.45) is 3.48. The van der Waals surface area contributed by atoms with Crippen LogP contribution in [0, 0.1) is 11.7 Å². The van der Waals surface area contributed by atoms with E-state index in [4.69, 9.17) is 9.57 Å². The first-order valence-corrected chi connectivity index (χ1v) is 9.23. The summed E-state index contributed by atoms with van der Waals surface area (Å²) in [5.41, 5.74) is 0.733. The molecule has 3 atom stereocenters. The lowest BCUT2D eigenvalue weighted by Crippen LogP contribution is -2.37. The average molecular weight is 348 g/mol. The van der Waals surface area contributed by atoms with E-state index in [2.05, 4.69) is 4.90 Å². The van der Waals surface area contributed by atoms with E-state index in [-0.39, 0.29) is 23.9 Å². The molecule has 5 nitrogen and oxygen atoms in total. The van der Waals surface area contributed by atoms with Gasteiger partial charge in [-0.1, -0.05) is 18.2 Å². The van der Waals surface area contributed by atoms with Gasteiger partial charge in [0, 0.05) is 37.7 Å². The molecule has 0 aliphatic carbocycles. The lowest BCUT2D eigenvalue weighted by Gasteiger charge is -2.27. The molecule has 136 valence electrons. The number of likely N-dealkylation sites (tertiary alicyclic amines) is 1. The monoisotopic (exact) mass is 348 g/mol. The van der Waals surface area contributed by atoms with Crippen molar-refractivity contribution in [3.8, 4) is 0 Å². The Bertz CT molecular complexity index is 606. The summed E-state index contributed by atoms with van der Waals surface area (Å²) in [7, 11) is 0. The second-order valence-electron chi connectivity index (χ2n) is 7.32. The molecular formula is C19H25FN2O3. The summed E-state index contributed by atoms with van der Waals surface area (Å²) in [6, 6.07) is 6.93. The fourth-order valence-corrected chi connectivity index (χ4v) is 4.17. The summed E-state index contributed by atoms with van der Waals surface area (Å²) in [4.78, 5) is 20.0. The van der Waals surface area contributed by atoms with Crippen molar-refractivity contribution in [1.29, 1.82) is 0 Å². The van der Waals surface area contributed by atoms with E-state index in [0.29, 0.717) is 32.0 Å². The fraction of sp³-hybridized carbons (Fsp3) is 0.632. The van der Waals surface area contributed by atoms with Crippen molar-refractivity contribution in [2.75, 3.05) is 26.2 Å². The van der Waals surface area contributed by atoms with Crippen LogP contribution in [0.4, 0.5) is 4.39 Å². The van der Waals surface area contributed by atoms with Crippen LogP contribution in [0.2, 0.25) is 0 Å². The van der Waals surface area contributed by atoms with Gasteiger partial charge in [-0.3, -0.25) is 14.5 Å². The van der Waals surface area contributed by atoms with Crippen LogP contribution in [0.3, 0.4) is 0 Å². The van der Waals surface area contributed by atoms with Gasteiger partial charge >= 0.3 is 0 Å². The Kier molecular flexibility index (Phi) is 5.01. The van der Waals surface area contributed by atoms with E-state index in [9.17, 15) is 9.18 Å². The third-order valence-corrected chi connectivity index (χ3v) is 5.42. The zero-order valence-corrected chi connectivity index (χ0v) is 14.4. The highest BCUT2D eigenvalue weighted by Crippen LogP contribution is 2.35. The Morgan fingerprint density at radius 2 is 2.12 bits per heavy atom. The van der Waals surface area contributed by atoms with Crippen LogP contribution in [-0.2, 0) is 20.9 Å². The zero-order valence-electron chi connectivity index (χ0n) is 14.4. The lowest BCUT2D eigenvalue weighted by molar-refractivity contribution is -0.199. The van der Waals surface area contributed by atoms with E-state index in [1.54, 1.807) is 6.07 Å². The van der Waals surface area contributed by atoms with Crippen molar-refractivity contribution in [3.63, 3.8) is 0 Å². The normalized spacial score (nSPS) is 29.8. The number of ether oxygens (including phenoxy) is 1. The van der Waals surface area contributed by atoms with Crippen molar-refractivity contribution in [2.24, 2.45) is 5.92 Å². The Balaban J connectivity index is 1.26. The first-order valence-electron chi connectivity index (χ1n) is 9.23. The van der Waals surface area contributed by atoms with Gasteiger partial charge in [0.2, 0.25) is 5.91 Å². The van der Waals surface area contributed by atoms with Gasteiger partial charge in [0.25, 0.3) is 0 Å². The van der Waals surface area contributed by atoms with Gasteiger partial charge in [0.15, 0.2) is 0 Å². The molecule has 0 unspecified atom stereocenters. The maximum absolute atomic E-state index is 13.8. The minimum atomic E-state index is -0.148. The standard InChI is InChI=1S/C19H25FN2O3/c20-17-6-2-1-5-14(17)11-21-12-15-9-16(25-18(15)13-21)10-19(23)22-7-3-4-8-24-22/h1-2,5-6,15-16,18H,3-4,7-13H2/t15-,16+,18+/m0/s1. The molecule has 3 saturated heterocycles. The van der Waals surface area contributed by atoms with Gasteiger partial charge in [-0.25, -0.2) is 9.45 Å². The van der Waals surface area contributed by atoms with Crippen LogP contribution in [0.15, 0.2) is 24.3 Å². The van der Waals surface area contributed by atoms with Gasteiger partial charge in [-0.15, -0.1) is 0 Å². The Morgan fingerprint density at radius 1 is 1.24 bits per heavy atom. The predicted octanol–water partition coefficient (Wildman–Crippen LogP) is 2.36. The number of halogens is 1. The first kappa shape index (κ1) is 16.9. The third kappa shape index (κ3) is 3.86. The minimum absolute atomic E-state index is 0.0105. The zero-order chi connectivity index (χ0) is 17.2. The van der Waals surface area contributed by atoms with Crippen molar-refractivity contribution in [3.05, 3.63) is 35.6 Å². The van der Waals surface area contributed by atoms with Crippen molar-refractivity contribution in [1.82, 2.24) is 9.96 Å².